The van der Waals surface area contributed by atoms with Crippen molar-refractivity contribution >= 4 is 49.4 Å². The van der Waals surface area contributed by atoms with Gasteiger partial charge < -0.3 is 14.9 Å². The molecule has 0 spiro atoms. The van der Waals surface area contributed by atoms with Gasteiger partial charge in [-0.25, -0.2) is 0 Å². The first kappa shape index (κ1) is 20.9. The van der Waals surface area contributed by atoms with Crippen molar-refractivity contribution in [3.8, 4) is 0 Å². The normalized spacial score (nSPS) is 51.4. The number of esters is 1. The highest BCUT2D eigenvalue weighted by molar-refractivity contribution is 9.09. The maximum Gasteiger partial charge on any atom is 0.303 e. The van der Waals surface area contributed by atoms with Gasteiger partial charge >= 0.3 is 5.97 Å². The van der Waals surface area contributed by atoms with Gasteiger partial charge in [0.2, 0.25) is 0 Å². The van der Waals surface area contributed by atoms with Gasteiger partial charge in [0, 0.05) is 28.4 Å². The number of carbonyl (C=O) groups excluding carboxylic acids is 1. The number of hydrogen-bond acceptors (Lipinski definition) is 4. The lowest BCUT2D eigenvalue weighted by atomic mass is 9.53. The summed E-state index contributed by atoms with van der Waals surface area (Å²) in [4.78, 5) is 10.9. The van der Waals surface area contributed by atoms with E-state index in [1.165, 1.54) is 6.92 Å². The van der Waals surface area contributed by atoms with Gasteiger partial charge in [-0.3, -0.25) is 4.79 Å². The number of hydrogen-bond donors (Lipinski definition) is 2. The third kappa shape index (κ3) is 2.88. The number of carbonyl (C=O) groups is 1. The molecule has 140 valence electrons. The number of halogens is 3. The molecular weight excluding hydrogens is 463 g/mol. The molecule has 2 rings (SSSR count). The van der Waals surface area contributed by atoms with E-state index in [9.17, 15) is 15.0 Å². The van der Waals surface area contributed by atoms with Crippen LogP contribution in [0.1, 0.15) is 53.9 Å². The van der Waals surface area contributed by atoms with Gasteiger partial charge in [0.05, 0.1) is 11.0 Å². The molecule has 24 heavy (non-hydrogen) atoms. The maximum atomic E-state index is 11.8. The second-order valence-electron chi connectivity index (χ2n) is 8.32. The average Bonchev–Trinajstić information content (AvgIpc) is 2.57. The Morgan fingerprint density at radius 1 is 1.17 bits per heavy atom. The minimum absolute atomic E-state index is 0.0464. The standard InChI is InChI=1S/C17H27Br2ClO4/c1-9(21)24-13-8-15(4,20)11(19)7-17(13,23)16(5)12(22)6-10(18)14(16,2)3/h10-13,22-23H,6-8H2,1-5H3/t10-,11-,12+,13-,15-,16+,17-/m0/s1. The molecule has 0 heterocycles. The van der Waals surface area contributed by atoms with E-state index < -0.39 is 39.5 Å². The van der Waals surface area contributed by atoms with E-state index >= 15 is 0 Å². The van der Waals surface area contributed by atoms with Gasteiger partial charge in [0.15, 0.2) is 0 Å². The molecule has 0 aromatic heterocycles. The smallest absolute Gasteiger partial charge is 0.303 e. The van der Waals surface area contributed by atoms with Crippen LogP contribution in [0.4, 0.5) is 0 Å². The molecule has 0 amide bonds. The van der Waals surface area contributed by atoms with E-state index in [-0.39, 0.29) is 9.65 Å². The van der Waals surface area contributed by atoms with Crippen LogP contribution >= 0.6 is 43.5 Å². The third-order valence-corrected chi connectivity index (χ3v) is 10.2. The van der Waals surface area contributed by atoms with E-state index in [1.54, 1.807) is 0 Å². The summed E-state index contributed by atoms with van der Waals surface area (Å²) < 4.78 is 5.52. The molecule has 7 heteroatoms. The Hall–Kier alpha value is 0.640. The molecule has 0 aromatic carbocycles. The van der Waals surface area contributed by atoms with Crippen molar-refractivity contribution in [2.75, 3.05) is 0 Å². The predicted octanol–water partition coefficient (Wildman–Crippen LogP) is 3.76. The van der Waals surface area contributed by atoms with Crippen LogP contribution in [-0.2, 0) is 9.53 Å². The van der Waals surface area contributed by atoms with Gasteiger partial charge in [-0.05, 0) is 25.2 Å². The van der Waals surface area contributed by atoms with Crippen LogP contribution in [0.25, 0.3) is 0 Å². The van der Waals surface area contributed by atoms with Crippen molar-refractivity contribution in [1.82, 2.24) is 0 Å². The van der Waals surface area contributed by atoms with Gasteiger partial charge in [-0.15, -0.1) is 11.6 Å². The molecule has 7 atom stereocenters. The van der Waals surface area contributed by atoms with Crippen molar-refractivity contribution in [3.05, 3.63) is 0 Å². The van der Waals surface area contributed by atoms with Gasteiger partial charge in [0.25, 0.3) is 0 Å². The number of ether oxygens (including phenoxy) is 1. The van der Waals surface area contributed by atoms with Gasteiger partial charge in [-0.1, -0.05) is 52.6 Å². The molecule has 0 radical (unpaired) electrons. The van der Waals surface area contributed by atoms with Gasteiger partial charge in [0.1, 0.15) is 11.7 Å². The van der Waals surface area contributed by atoms with Crippen LogP contribution in [0, 0.1) is 10.8 Å². The fraction of sp³-hybridized carbons (Fsp3) is 0.941. The summed E-state index contributed by atoms with van der Waals surface area (Å²) in [5, 5.41) is 22.7. The zero-order chi connectivity index (χ0) is 18.7. The van der Waals surface area contributed by atoms with E-state index in [4.69, 9.17) is 16.3 Å². The second kappa shape index (κ2) is 6.36. The third-order valence-electron chi connectivity index (χ3n) is 6.69. The lowest BCUT2D eigenvalue weighted by molar-refractivity contribution is -0.236. The van der Waals surface area contributed by atoms with Crippen molar-refractivity contribution in [3.63, 3.8) is 0 Å². The summed E-state index contributed by atoms with van der Waals surface area (Å²) >= 11 is 13.9. The monoisotopic (exact) mass is 488 g/mol. The molecule has 2 aliphatic rings. The summed E-state index contributed by atoms with van der Waals surface area (Å²) in [5.41, 5.74) is -2.67. The highest BCUT2D eigenvalue weighted by Crippen LogP contribution is 2.64. The summed E-state index contributed by atoms with van der Waals surface area (Å²) in [6.45, 7) is 9.16. The summed E-state index contributed by atoms with van der Waals surface area (Å²) in [5.74, 6) is -0.455. The summed E-state index contributed by atoms with van der Waals surface area (Å²) in [6, 6.07) is 0. The largest absolute Gasteiger partial charge is 0.459 e. The first-order valence-corrected chi connectivity index (χ1v) is 10.5. The Morgan fingerprint density at radius 3 is 2.12 bits per heavy atom. The Balaban J connectivity index is 2.56. The van der Waals surface area contributed by atoms with E-state index in [2.05, 4.69) is 31.9 Å². The Labute approximate surface area is 165 Å². The fourth-order valence-electron chi connectivity index (χ4n) is 4.49. The highest BCUT2D eigenvalue weighted by Gasteiger charge is 2.70. The van der Waals surface area contributed by atoms with Gasteiger partial charge in [-0.2, -0.15) is 0 Å². The topological polar surface area (TPSA) is 66.8 Å². The van der Waals surface area contributed by atoms with Crippen molar-refractivity contribution in [1.29, 1.82) is 0 Å². The minimum atomic E-state index is -1.40. The lowest BCUT2D eigenvalue weighted by Gasteiger charge is -2.59. The predicted molar refractivity (Wildman–Crippen MR) is 102 cm³/mol. The zero-order valence-electron chi connectivity index (χ0n) is 14.8. The van der Waals surface area contributed by atoms with Crippen molar-refractivity contribution in [2.24, 2.45) is 10.8 Å². The van der Waals surface area contributed by atoms with E-state index in [0.29, 0.717) is 19.3 Å². The zero-order valence-corrected chi connectivity index (χ0v) is 18.7. The molecule has 0 unspecified atom stereocenters. The Morgan fingerprint density at radius 2 is 1.71 bits per heavy atom. The first-order valence-electron chi connectivity index (χ1n) is 8.25. The molecule has 2 saturated carbocycles. The second-order valence-corrected chi connectivity index (χ2v) is 11.4. The average molecular weight is 491 g/mol. The molecule has 2 fully saturated rings. The maximum absolute atomic E-state index is 11.8. The lowest BCUT2D eigenvalue weighted by Crippen LogP contribution is -2.69. The van der Waals surface area contributed by atoms with Crippen LogP contribution in [0.5, 0.6) is 0 Å². The van der Waals surface area contributed by atoms with Crippen LogP contribution < -0.4 is 0 Å². The fourth-order valence-corrected chi connectivity index (χ4v) is 6.22. The molecule has 0 aromatic rings. The number of aliphatic hydroxyl groups excluding tert-OH is 1. The molecular formula is C17H27Br2ClO4. The van der Waals surface area contributed by atoms with Crippen LogP contribution in [0.15, 0.2) is 0 Å². The number of alkyl halides is 3. The molecule has 2 aliphatic carbocycles. The van der Waals surface area contributed by atoms with Crippen LogP contribution in [0.2, 0.25) is 0 Å². The van der Waals surface area contributed by atoms with Crippen LogP contribution in [-0.4, -0.2) is 48.5 Å². The Bertz CT molecular complexity index is 527. The summed E-state index contributed by atoms with van der Waals surface area (Å²) in [7, 11) is 0. The molecule has 0 aliphatic heterocycles. The quantitative estimate of drug-likeness (QED) is 0.457. The van der Waals surface area contributed by atoms with Crippen molar-refractivity contribution in [2.45, 2.75) is 86.2 Å². The number of rotatable bonds is 2. The van der Waals surface area contributed by atoms with E-state index in [1.807, 2.05) is 27.7 Å². The summed E-state index contributed by atoms with van der Waals surface area (Å²) in [6.07, 6.45) is -0.362. The van der Waals surface area contributed by atoms with Crippen LogP contribution in [0.3, 0.4) is 0 Å². The minimum Gasteiger partial charge on any atom is -0.459 e. The molecule has 0 bridgehead atoms. The molecule has 4 nitrogen and oxygen atoms in total. The molecule has 2 N–H and O–H groups in total. The highest BCUT2D eigenvalue weighted by atomic mass is 79.9. The molecule has 0 saturated heterocycles. The Kier molecular flexibility index (Phi) is 5.55. The first-order chi connectivity index (χ1) is 10.7. The van der Waals surface area contributed by atoms with E-state index in [0.717, 1.165) is 0 Å². The SMILES string of the molecule is CC(=O)O[C@H]1C[C@](C)(Cl)[C@@H](Br)C[C@@]1(O)[C@]1(C)[C@H](O)C[C@H](Br)C1(C)C. The number of aliphatic hydroxyl groups is 2. The van der Waals surface area contributed by atoms with Crippen molar-refractivity contribution < 1.29 is 19.7 Å².